The Labute approximate surface area is 173 Å². The molecule has 0 aromatic heterocycles. The average Bonchev–Trinajstić information content (AvgIpc) is 2.74. The molecule has 0 radical (unpaired) electrons. The summed E-state index contributed by atoms with van der Waals surface area (Å²) >= 11 is 0. The van der Waals surface area contributed by atoms with E-state index < -0.39 is 0 Å². The summed E-state index contributed by atoms with van der Waals surface area (Å²) in [5.41, 5.74) is 2.12. The quantitative estimate of drug-likeness (QED) is 0.802. The van der Waals surface area contributed by atoms with Crippen LogP contribution in [0.1, 0.15) is 62.5 Å². The van der Waals surface area contributed by atoms with Gasteiger partial charge in [0.15, 0.2) is 0 Å². The molecule has 1 aromatic rings. The number of aliphatic hydroxyl groups is 1. The van der Waals surface area contributed by atoms with Crippen LogP contribution in [0.15, 0.2) is 24.3 Å². The zero-order valence-corrected chi connectivity index (χ0v) is 17.1. The topological polar surface area (TPSA) is 60.9 Å². The van der Waals surface area contributed by atoms with Gasteiger partial charge in [-0.05, 0) is 30.5 Å². The van der Waals surface area contributed by atoms with E-state index in [9.17, 15) is 14.7 Å². The third kappa shape index (κ3) is 3.91. The minimum absolute atomic E-state index is 0.0116. The number of rotatable bonds is 3. The Kier molecular flexibility index (Phi) is 5.91. The van der Waals surface area contributed by atoms with Crippen molar-refractivity contribution in [2.45, 2.75) is 63.5 Å². The van der Waals surface area contributed by atoms with Gasteiger partial charge in [0.05, 0.1) is 25.2 Å². The molecule has 3 atom stereocenters. The van der Waals surface area contributed by atoms with Crippen molar-refractivity contribution in [3.63, 3.8) is 0 Å². The standard InChI is InChI=1S/C24H30N2O3/c1-2-22(28)25-14-20-24(21(16-27)26(20)23(29)15-25)19-12-10-18(11-13-19)9-8-17-6-4-3-5-7-17/h10-13,17,20-21,24,27H,2-7,14-16H2,1H3/t20-,21-,24+/m0/s1. The van der Waals surface area contributed by atoms with Crippen molar-refractivity contribution in [1.82, 2.24) is 9.80 Å². The molecule has 2 heterocycles. The van der Waals surface area contributed by atoms with Gasteiger partial charge in [0.1, 0.15) is 0 Å². The molecule has 0 bridgehead atoms. The van der Waals surface area contributed by atoms with Gasteiger partial charge in [-0.2, -0.15) is 0 Å². The van der Waals surface area contributed by atoms with E-state index in [1.54, 1.807) is 9.80 Å². The number of carbonyl (C=O) groups excluding carboxylic acids is 2. The third-order valence-electron chi connectivity index (χ3n) is 6.73. The van der Waals surface area contributed by atoms with Gasteiger partial charge in [0.2, 0.25) is 11.8 Å². The summed E-state index contributed by atoms with van der Waals surface area (Å²) < 4.78 is 0. The van der Waals surface area contributed by atoms with Crippen LogP contribution in [0.4, 0.5) is 0 Å². The smallest absolute Gasteiger partial charge is 0.242 e. The highest BCUT2D eigenvalue weighted by molar-refractivity contribution is 5.87. The van der Waals surface area contributed by atoms with Crippen LogP contribution in [0.5, 0.6) is 0 Å². The molecule has 2 aliphatic heterocycles. The van der Waals surface area contributed by atoms with E-state index in [-0.39, 0.29) is 43.0 Å². The van der Waals surface area contributed by atoms with E-state index in [2.05, 4.69) is 24.0 Å². The first-order valence-electron chi connectivity index (χ1n) is 10.9. The first-order chi connectivity index (χ1) is 14.1. The lowest BCUT2D eigenvalue weighted by Gasteiger charge is -2.58. The summed E-state index contributed by atoms with van der Waals surface area (Å²) in [5.74, 6) is 7.27. The Balaban J connectivity index is 1.48. The number of carbonyl (C=O) groups is 2. The van der Waals surface area contributed by atoms with Gasteiger partial charge >= 0.3 is 0 Å². The van der Waals surface area contributed by atoms with Gasteiger partial charge < -0.3 is 14.9 Å². The van der Waals surface area contributed by atoms with Gasteiger partial charge in [-0.15, -0.1) is 0 Å². The fourth-order valence-corrected chi connectivity index (χ4v) is 5.13. The molecule has 1 aromatic carbocycles. The van der Waals surface area contributed by atoms with Crippen molar-refractivity contribution in [1.29, 1.82) is 0 Å². The Hall–Kier alpha value is -2.32. The van der Waals surface area contributed by atoms with E-state index in [0.29, 0.717) is 18.9 Å². The van der Waals surface area contributed by atoms with E-state index in [0.717, 1.165) is 11.1 Å². The Morgan fingerprint density at radius 1 is 1.17 bits per heavy atom. The van der Waals surface area contributed by atoms with Crippen LogP contribution in [0.25, 0.3) is 0 Å². The van der Waals surface area contributed by atoms with E-state index in [4.69, 9.17) is 0 Å². The SMILES string of the molecule is CCC(=O)N1CC(=O)N2[C@@H](CO)[C@H](c3ccc(C#CC4CCCCC4)cc3)[C@@H]2C1. The summed E-state index contributed by atoms with van der Waals surface area (Å²) in [6, 6.07) is 7.97. The molecule has 0 unspecified atom stereocenters. The molecule has 2 saturated heterocycles. The molecule has 4 rings (SSSR count). The Bertz CT molecular complexity index is 817. The fourth-order valence-electron chi connectivity index (χ4n) is 5.13. The van der Waals surface area contributed by atoms with Crippen LogP contribution in [0.3, 0.4) is 0 Å². The lowest BCUT2D eigenvalue weighted by molar-refractivity contribution is -0.166. The Morgan fingerprint density at radius 3 is 2.55 bits per heavy atom. The maximum absolute atomic E-state index is 12.5. The maximum Gasteiger partial charge on any atom is 0.242 e. The minimum atomic E-state index is -0.203. The summed E-state index contributed by atoms with van der Waals surface area (Å²) in [4.78, 5) is 28.1. The predicted molar refractivity (Wildman–Crippen MR) is 111 cm³/mol. The monoisotopic (exact) mass is 394 g/mol. The second-order valence-corrected chi connectivity index (χ2v) is 8.50. The fraction of sp³-hybridized carbons (Fsp3) is 0.583. The van der Waals surface area contributed by atoms with Crippen molar-refractivity contribution < 1.29 is 14.7 Å². The molecule has 0 spiro atoms. The molecule has 1 aliphatic carbocycles. The van der Waals surface area contributed by atoms with Gasteiger partial charge in [-0.1, -0.05) is 50.2 Å². The lowest BCUT2D eigenvalue weighted by atomic mass is 9.73. The van der Waals surface area contributed by atoms with Gasteiger partial charge in [0.25, 0.3) is 0 Å². The number of fused-ring (bicyclic) bond motifs is 1. The molecule has 3 aliphatic rings. The van der Waals surface area contributed by atoms with Gasteiger partial charge in [-0.25, -0.2) is 0 Å². The van der Waals surface area contributed by atoms with Crippen LogP contribution >= 0.6 is 0 Å². The number of hydrogen-bond donors (Lipinski definition) is 1. The molecule has 154 valence electrons. The van der Waals surface area contributed by atoms with Crippen LogP contribution in [-0.2, 0) is 9.59 Å². The molecular weight excluding hydrogens is 364 g/mol. The normalized spacial score (nSPS) is 27.0. The number of hydrogen-bond acceptors (Lipinski definition) is 3. The number of nitrogens with zero attached hydrogens (tertiary/aromatic N) is 2. The second kappa shape index (κ2) is 8.59. The zero-order chi connectivity index (χ0) is 20.4. The molecule has 3 fully saturated rings. The van der Waals surface area contributed by atoms with Crippen molar-refractivity contribution in [3.05, 3.63) is 35.4 Å². The van der Waals surface area contributed by atoms with Crippen molar-refractivity contribution in [2.75, 3.05) is 19.7 Å². The first-order valence-corrected chi connectivity index (χ1v) is 10.9. The minimum Gasteiger partial charge on any atom is -0.394 e. The highest BCUT2D eigenvalue weighted by atomic mass is 16.3. The number of amides is 2. The van der Waals surface area contributed by atoms with Crippen LogP contribution in [-0.4, -0.2) is 58.5 Å². The maximum atomic E-state index is 12.5. The third-order valence-corrected chi connectivity index (χ3v) is 6.73. The second-order valence-electron chi connectivity index (χ2n) is 8.50. The highest BCUT2D eigenvalue weighted by Crippen LogP contribution is 2.43. The van der Waals surface area contributed by atoms with Gasteiger partial charge in [0, 0.05) is 30.4 Å². The van der Waals surface area contributed by atoms with Crippen LogP contribution < -0.4 is 0 Å². The van der Waals surface area contributed by atoms with E-state index in [1.165, 1.54) is 32.1 Å². The molecule has 5 nitrogen and oxygen atoms in total. The molecule has 1 N–H and O–H groups in total. The highest BCUT2D eigenvalue weighted by Gasteiger charge is 2.54. The van der Waals surface area contributed by atoms with Crippen molar-refractivity contribution >= 4 is 11.8 Å². The summed E-state index contributed by atoms with van der Waals surface area (Å²) in [5, 5.41) is 9.88. The lowest BCUT2D eigenvalue weighted by Crippen LogP contribution is -2.73. The zero-order valence-electron chi connectivity index (χ0n) is 17.1. The van der Waals surface area contributed by atoms with Crippen molar-refractivity contribution in [2.24, 2.45) is 5.92 Å². The Morgan fingerprint density at radius 2 is 1.90 bits per heavy atom. The molecule has 5 heteroatoms. The van der Waals surface area contributed by atoms with Crippen LogP contribution in [0, 0.1) is 17.8 Å². The number of benzene rings is 1. The average molecular weight is 395 g/mol. The first kappa shape index (κ1) is 20.0. The van der Waals surface area contributed by atoms with Crippen molar-refractivity contribution in [3.8, 4) is 11.8 Å². The number of aliphatic hydroxyl groups excluding tert-OH is 1. The molecular formula is C24H30N2O3. The summed E-state index contributed by atoms with van der Waals surface area (Å²) in [6.45, 7) is 2.43. The molecule has 2 amide bonds. The van der Waals surface area contributed by atoms with Gasteiger partial charge in [-0.3, -0.25) is 9.59 Å². The molecule has 1 saturated carbocycles. The predicted octanol–water partition coefficient (Wildman–Crippen LogP) is 2.53. The largest absolute Gasteiger partial charge is 0.394 e. The number of piperazine rings is 1. The van der Waals surface area contributed by atoms with E-state index >= 15 is 0 Å². The summed E-state index contributed by atoms with van der Waals surface area (Å²) in [7, 11) is 0. The summed E-state index contributed by atoms with van der Waals surface area (Å²) in [6.07, 6.45) is 6.74. The van der Waals surface area contributed by atoms with E-state index in [1.807, 2.05) is 19.1 Å². The molecule has 29 heavy (non-hydrogen) atoms. The van der Waals surface area contributed by atoms with Crippen LogP contribution in [0.2, 0.25) is 0 Å².